The zero-order chi connectivity index (χ0) is 18.1. The Labute approximate surface area is 153 Å². The van der Waals surface area contributed by atoms with E-state index < -0.39 is 4.92 Å². The molecule has 1 aromatic heterocycles. The number of nitro groups is 1. The number of thiocarbonyl (C=S) groups is 1. The number of nitro benzene ring substituents is 1. The van der Waals surface area contributed by atoms with Gasteiger partial charge in [-0.25, -0.2) is 0 Å². The third-order valence-corrected chi connectivity index (χ3v) is 5.15. The molecule has 6 nitrogen and oxygen atoms in total. The predicted molar refractivity (Wildman–Crippen MR) is 101 cm³/mol. The Morgan fingerprint density at radius 2 is 2.12 bits per heavy atom. The van der Waals surface area contributed by atoms with Crippen molar-refractivity contribution in [2.24, 2.45) is 0 Å². The summed E-state index contributed by atoms with van der Waals surface area (Å²) in [7, 11) is 0. The van der Waals surface area contributed by atoms with Crippen molar-refractivity contribution < 1.29 is 14.1 Å². The van der Waals surface area contributed by atoms with Crippen molar-refractivity contribution in [3.05, 3.63) is 56.7 Å². The van der Waals surface area contributed by atoms with E-state index in [1.165, 1.54) is 22.7 Å². The van der Waals surface area contributed by atoms with Crippen LogP contribution >= 0.6 is 24.0 Å². The van der Waals surface area contributed by atoms with Crippen molar-refractivity contribution in [2.75, 3.05) is 6.54 Å². The van der Waals surface area contributed by atoms with E-state index in [1.807, 2.05) is 6.92 Å². The Morgan fingerprint density at radius 3 is 2.72 bits per heavy atom. The number of amides is 1. The minimum absolute atomic E-state index is 0.0683. The van der Waals surface area contributed by atoms with Gasteiger partial charge in [-0.05, 0) is 38.1 Å². The summed E-state index contributed by atoms with van der Waals surface area (Å²) in [6.07, 6.45) is 1.66. The van der Waals surface area contributed by atoms with Crippen LogP contribution in [0.3, 0.4) is 0 Å². The van der Waals surface area contributed by atoms with Crippen LogP contribution in [0.4, 0.5) is 5.69 Å². The van der Waals surface area contributed by atoms with E-state index in [9.17, 15) is 14.9 Å². The minimum Gasteiger partial charge on any atom is -0.457 e. The molecule has 1 aromatic carbocycles. The first kappa shape index (κ1) is 17.4. The Balaban J connectivity index is 1.87. The molecule has 0 aliphatic carbocycles. The molecule has 25 heavy (non-hydrogen) atoms. The normalized spacial score (nSPS) is 16.1. The van der Waals surface area contributed by atoms with E-state index in [2.05, 4.69) is 0 Å². The van der Waals surface area contributed by atoms with E-state index in [0.29, 0.717) is 32.9 Å². The van der Waals surface area contributed by atoms with Crippen LogP contribution in [-0.2, 0) is 4.79 Å². The zero-order valence-electron chi connectivity index (χ0n) is 13.5. The van der Waals surface area contributed by atoms with Crippen LogP contribution in [0.15, 0.2) is 39.7 Å². The van der Waals surface area contributed by atoms with Crippen LogP contribution < -0.4 is 0 Å². The van der Waals surface area contributed by atoms with Crippen molar-refractivity contribution in [1.29, 1.82) is 0 Å². The molecule has 0 N–H and O–H groups in total. The molecule has 0 spiro atoms. The monoisotopic (exact) mass is 374 g/mol. The number of carbonyl (C=O) groups is 1. The fourth-order valence-corrected chi connectivity index (χ4v) is 3.87. The fourth-order valence-electron chi connectivity index (χ4n) is 2.50. The molecule has 2 heterocycles. The summed E-state index contributed by atoms with van der Waals surface area (Å²) < 4.78 is 6.30. The summed E-state index contributed by atoms with van der Waals surface area (Å²) in [6, 6.07) is 8.33. The highest BCUT2D eigenvalue weighted by molar-refractivity contribution is 8.26. The highest BCUT2D eigenvalue weighted by atomic mass is 32.2. The summed E-state index contributed by atoms with van der Waals surface area (Å²) in [4.78, 5) is 24.8. The first-order valence-corrected chi connectivity index (χ1v) is 8.73. The van der Waals surface area contributed by atoms with Crippen LogP contribution in [0.1, 0.15) is 18.2 Å². The number of aryl methyl sites for hydroxylation is 1. The van der Waals surface area contributed by atoms with Gasteiger partial charge in [0.05, 0.1) is 9.83 Å². The molecule has 1 amide bonds. The summed E-state index contributed by atoms with van der Waals surface area (Å²) in [6.45, 7) is 4.09. The molecule has 0 unspecified atom stereocenters. The van der Waals surface area contributed by atoms with E-state index in [0.717, 1.165) is 5.56 Å². The third kappa shape index (κ3) is 3.35. The summed E-state index contributed by atoms with van der Waals surface area (Å²) >= 11 is 6.43. The summed E-state index contributed by atoms with van der Waals surface area (Å²) in [5, 5.41) is 10.9. The number of benzene rings is 1. The first-order chi connectivity index (χ1) is 11.9. The van der Waals surface area contributed by atoms with Gasteiger partial charge in [0.25, 0.3) is 11.6 Å². The molecule has 0 atom stereocenters. The SMILES string of the molecule is CCN1C(=O)/C(=C/c2ccc(-c3ccc([N+](=O)[O-])c(C)c3)o2)SC1=S. The molecule has 1 aliphatic heterocycles. The van der Waals surface area contributed by atoms with Gasteiger partial charge in [-0.15, -0.1) is 0 Å². The number of nitrogens with zero attached hydrogens (tertiary/aromatic N) is 2. The molecule has 1 aliphatic rings. The molecule has 8 heteroatoms. The molecule has 3 rings (SSSR count). The van der Waals surface area contributed by atoms with Gasteiger partial charge in [-0.2, -0.15) is 0 Å². The Kier molecular flexibility index (Phi) is 4.73. The largest absolute Gasteiger partial charge is 0.457 e. The van der Waals surface area contributed by atoms with Gasteiger partial charge in [0.1, 0.15) is 15.8 Å². The molecule has 1 saturated heterocycles. The van der Waals surface area contributed by atoms with Gasteiger partial charge < -0.3 is 4.42 Å². The standard InChI is InChI=1S/C17H14N2O4S2/c1-3-18-16(20)15(25-17(18)24)9-12-5-7-14(23-12)11-4-6-13(19(21)22)10(2)8-11/h4-9H,3H2,1-2H3/b15-9-. The highest BCUT2D eigenvalue weighted by Crippen LogP contribution is 2.34. The predicted octanol–water partition coefficient (Wildman–Crippen LogP) is 4.38. The second kappa shape index (κ2) is 6.81. The van der Waals surface area contributed by atoms with Crippen molar-refractivity contribution in [3.8, 4) is 11.3 Å². The average molecular weight is 374 g/mol. The number of hydrogen-bond acceptors (Lipinski definition) is 6. The number of likely N-dealkylation sites (N-methyl/N-ethyl adjacent to an activating group) is 1. The number of rotatable bonds is 4. The second-order valence-electron chi connectivity index (χ2n) is 5.39. The first-order valence-electron chi connectivity index (χ1n) is 7.51. The fraction of sp³-hybridized carbons (Fsp3) is 0.176. The van der Waals surface area contributed by atoms with Gasteiger partial charge >= 0.3 is 0 Å². The molecule has 0 radical (unpaired) electrons. The van der Waals surface area contributed by atoms with Crippen LogP contribution in [-0.4, -0.2) is 26.6 Å². The molecular weight excluding hydrogens is 360 g/mol. The number of thioether (sulfide) groups is 1. The number of carbonyl (C=O) groups excluding carboxylic acids is 1. The summed E-state index contributed by atoms with van der Waals surface area (Å²) in [5.41, 5.74) is 1.37. The van der Waals surface area contributed by atoms with Crippen LogP contribution in [0.5, 0.6) is 0 Å². The van der Waals surface area contributed by atoms with Gasteiger partial charge in [0.15, 0.2) is 0 Å². The maximum atomic E-state index is 12.2. The molecule has 0 bridgehead atoms. The lowest BCUT2D eigenvalue weighted by Crippen LogP contribution is -2.27. The lowest BCUT2D eigenvalue weighted by molar-refractivity contribution is -0.385. The maximum Gasteiger partial charge on any atom is 0.272 e. The van der Waals surface area contributed by atoms with Gasteiger partial charge in [-0.1, -0.05) is 24.0 Å². The maximum absolute atomic E-state index is 12.2. The van der Waals surface area contributed by atoms with Gasteiger partial charge in [0, 0.05) is 29.8 Å². The molecule has 128 valence electrons. The van der Waals surface area contributed by atoms with E-state index in [4.69, 9.17) is 16.6 Å². The Morgan fingerprint density at radius 1 is 1.36 bits per heavy atom. The van der Waals surface area contributed by atoms with Crippen molar-refractivity contribution in [1.82, 2.24) is 4.90 Å². The zero-order valence-corrected chi connectivity index (χ0v) is 15.1. The van der Waals surface area contributed by atoms with E-state index >= 15 is 0 Å². The van der Waals surface area contributed by atoms with Crippen LogP contribution in [0, 0.1) is 17.0 Å². The van der Waals surface area contributed by atoms with Gasteiger partial charge in [0.2, 0.25) is 0 Å². The lowest BCUT2D eigenvalue weighted by atomic mass is 10.1. The molecule has 1 fully saturated rings. The minimum atomic E-state index is -0.414. The average Bonchev–Trinajstić information content (AvgIpc) is 3.12. The van der Waals surface area contributed by atoms with Crippen molar-refractivity contribution >= 4 is 46.0 Å². The summed E-state index contributed by atoms with van der Waals surface area (Å²) in [5.74, 6) is 0.986. The smallest absolute Gasteiger partial charge is 0.272 e. The Hall–Kier alpha value is -2.45. The molecular formula is C17H14N2O4S2. The van der Waals surface area contributed by atoms with Crippen LogP contribution in [0.25, 0.3) is 17.4 Å². The topological polar surface area (TPSA) is 76.6 Å². The molecule has 2 aromatic rings. The van der Waals surface area contributed by atoms with Crippen molar-refractivity contribution in [3.63, 3.8) is 0 Å². The van der Waals surface area contributed by atoms with Crippen molar-refractivity contribution in [2.45, 2.75) is 13.8 Å². The van der Waals surface area contributed by atoms with E-state index in [-0.39, 0.29) is 11.6 Å². The van der Waals surface area contributed by atoms with Gasteiger partial charge in [-0.3, -0.25) is 19.8 Å². The van der Waals surface area contributed by atoms with E-state index in [1.54, 1.807) is 37.3 Å². The second-order valence-corrected chi connectivity index (χ2v) is 7.06. The number of hydrogen-bond donors (Lipinski definition) is 0. The lowest BCUT2D eigenvalue weighted by Gasteiger charge is -2.09. The Bertz CT molecular complexity index is 917. The highest BCUT2D eigenvalue weighted by Gasteiger charge is 2.30. The van der Waals surface area contributed by atoms with Crippen LogP contribution in [0.2, 0.25) is 0 Å². The third-order valence-electron chi connectivity index (χ3n) is 3.77. The quantitative estimate of drug-likeness (QED) is 0.342. The molecule has 0 saturated carbocycles. The number of furan rings is 1.